The highest BCUT2D eigenvalue weighted by Gasteiger charge is 2.14. The van der Waals surface area contributed by atoms with E-state index in [0.717, 1.165) is 16.5 Å². The first-order chi connectivity index (χ1) is 14.2. The largest absolute Gasteiger partial charge is 0.426 e. The summed E-state index contributed by atoms with van der Waals surface area (Å²) in [6.45, 7) is 5.51. The molecule has 0 fully saturated rings. The van der Waals surface area contributed by atoms with Crippen LogP contribution in [-0.2, 0) is 14.8 Å². The van der Waals surface area contributed by atoms with Gasteiger partial charge in [-0.25, -0.2) is 17.9 Å². The van der Waals surface area contributed by atoms with Crippen molar-refractivity contribution in [3.05, 3.63) is 69.6 Å². The summed E-state index contributed by atoms with van der Waals surface area (Å²) in [5.74, 6) is -0.241. The summed E-state index contributed by atoms with van der Waals surface area (Å²) >= 11 is 0. The van der Waals surface area contributed by atoms with Crippen molar-refractivity contribution in [3.8, 4) is 5.75 Å². The van der Waals surface area contributed by atoms with Crippen molar-refractivity contribution in [2.75, 3.05) is 6.54 Å². The molecule has 0 radical (unpaired) electrons. The van der Waals surface area contributed by atoms with E-state index in [1.165, 1.54) is 18.2 Å². The van der Waals surface area contributed by atoms with Gasteiger partial charge >= 0.3 is 11.6 Å². The van der Waals surface area contributed by atoms with Gasteiger partial charge in [0.25, 0.3) is 0 Å². The van der Waals surface area contributed by atoms with E-state index in [0.29, 0.717) is 11.1 Å². The molecule has 30 heavy (non-hydrogen) atoms. The molecule has 0 atom stereocenters. The summed E-state index contributed by atoms with van der Waals surface area (Å²) in [5, 5.41) is 0.775. The Balaban J connectivity index is 1.55. The molecule has 0 saturated heterocycles. The third-order valence-electron chi connectivity index (χ3n) is 4.84. The van der Waals surface area contributed by atoms with Gasteiger partial charge in [0.2, 0.25) is 10.0 Å². The Kier molecular flexibility index (Phi) is 6.38. The number of benzene rings is 2. The number of nitrogens with one attached hydrogen (secondary N) is 1. The highest BCUT2D eigenvalue weighted by Crippen LogP contribution is 2.24. The van der Waals surface area contributed by atoms with Crippen LogP contribution >= 0.6 is 0 Å². The first-order valence-corrected chi connectivity index (χ1v) is 11.0. The molecule has 158 valence electrons. The van der Waals surface area contributed by atoms with Gasteiger partial charge in [-0.05, 0) is 57.0 Å². The van der Waals surface area contributed by atoms with E-state index >= 15 is 0 Å². The SMILES string of the molecule is Cc1ccc(S(=O)(=O)NCCCC(=O)Oc2ccc3c(C)c(C)c(=O)oc3c2)cc1. The van der Waals surface area contributed by atoms with Crippen LogP contribution < -0.4 is 15.1 Å². The second-order valence-electron chi connectivity index (χ2n) is 7.09. The van der Waals surface area contributed by atoms with E-state index in [1.54, 1.807) is 31.2 Å². The zero-order valence-corrected chi connectivity index (χ0v) is 17.8. The predicted molar refractivity (Wildman–Crippen MR) is 113 cm³/mol. The normalized spacial score (nSPS) is 11.6. The van der Waals surface area contributed by atoms with Gasteiger partial charge < -0.3 is 9.15 Å². The molecule has 1 aromatic heterocycles. The van der Waals surface area contributed by atoms with Crippen LogP contribution in [0, 0.1) is 20.8 Å². The fourth-order valence-electron chi connectivity index (χ4n) is 2.91. The molecule has 0 aliphatic heterocycles. The van der Waals surface area contributed by atoms with Gasteiger partial charge in [0.1, 0.15) is 11.3 Å². The van der Waals surface area contributed by atoms with Gasteiger partial charge in [0.05, 0.1) is 4.90 Å². The Bertz CT molecular complexity index is 1240. The second-order valence-corrected chi connectivity index (χ2v) is 8.85. The Morgan fingerprint density at radius 3 is 2.43 bits per heavy atom. The molecule has 0 bridgehead atoms. The summed E-state index contributed by atoms with van der Waals surface area (Å²) in [4.78, 5) is 24.1. The van der Waals surface area contributed by atoms with E-state index in [-0.39, 0.29) is 30.0 Å². The molecule has 0 unspecified atom stereocenters. The van der Waals surface area contributed by atoms with Gasteiger partial charge in [0.15, 0.2) is 0 Å². The Hall–Kier alpha value is -2.97. The lowest BCUT2D eigenvalue weighted by molar-refractivity contribution is -0.134. The molecule has 0 aliphatic rings. The number of hydrogen-bond acceptors (Lipinski definition) is 6. The minimum Gasteiger partial charge on any atom is -0.426 e. The van der Waals surface area contributed by atoms with Crippen LogP contribution in [0.2, 0.25) is 0 Å². The zero-order chi connectivity index (χ0) is 21.9. The lowest BCUT2D eigenvalue weighted by atomic mass is 10.1. The molecule has 0 saturated carbocycles. The molecular formula is C22H23NO6S. The van der Waals surface area contributed by atoms with E-state index in [2.05, 4.69) is 4.72 Å². The lowest BCUT2D eigenvalue weighted by Gasteiger charge is -2.08. The van der Waals surface area contributed by atoms with Crippen LogP contribution in [0.15, 0.2) is 56.6 Å². The topological polar surface area (TPSA) is 103 Å². The molecule has 0 spiro atoms. The molecule has 8 heteroatoms. The molecule has 0 aliphatic carbocycles. The van der Waals surface area contributed by atoms with Crippen molar-refractivity contribution in [2.45, 2.75) is 38.5 Å². The fraction of sp³-hybridized carbons (Fsp3) is 0.273. The third-order valence-corrected chi connectivity index (χ3v) is 6.32. The third kappa shape index (κ3) is 4.95. The maximum absolute atomic E-state index is 12.2. The quantitative estimate of drug-likeness (QED) is 0.267. The van der Waals surface area contributed by atoms with E-state index in [4.69, 9.17) is 9.15 Å². The maximum atomic E-state index is 12.2. The zero-order valence-electron chi connectivity index (χ0n) is 17.0. The Morgan fingerprint density at radius 1 is 1.03 bits per heavy atom. The van der Waals surface area contributed by atoms with Crippen molar-refractivity contribution >= 4 is 27.0 Å². The van der Waals surface area contributed by atoms with E-state index in [9.17, 15) is 18.0 Å². The Morgan fingerprint density at radius 2 is 1.73 bits per heavy atom. The summed E-state index contributed by atoms with van der Waals surface area (Å²) in [6, 6.07) is 11.4. The number of esters is 1. The number of sulfonamides is 1. The molecule has 1 N–H and O–H groups in total. The summed E-state index contributed by atoms with van der Waals surface area (Å²) in [5.41, 5.74) is 2.25. The number of carbonyl (C=O) groups excluding carboxylic acids is 1. The van der Waals surface area contributed by atoms with Crippen LogP contribution in [0.4, 0.5) is 0 Å². The molecule has 3 aromatic rings. The number of ether oxygens (including phenoxy) is 1. The van der Waals surface area contributed by atoms with Gasteiger partial charge in [-0.1, -0.05) is 17.7 Å². The number of carbonyl (C=O) groups is 1. The van der Waals surface area contributed by atoms with Crippen molar-refractivity contribution in [1.82, 2.24) is 4.72 Å². The first-order valence-electron chi connectivity index (χ1n) is 9.48. The second kappa shape index (κ2) is 8.81. The van der Waals surface area contributed by atoms with Crippen molar-refractivity contribution in [3.63, 3.8) is 0 Å². The van der Waals surface area contributed by atoms with E-state index < -0.39 is 21.6 Å². The minimum absolute atomic E-state index is 0.0331. The number of aryl methyl sites for hydroxylation is 2. The van der Waals surface area contributed by atoms with Crippen molar-refractivity contribution in [1.29, 1.82) is 0 Å². The lowest BCUT2D eigenvalue weighted by Crippen LogP contribution is -2.25. The number of rotatable bonds is 7. The highest BCUT2D eigenvalue weighted by molar-refractivity contribution is 7.89. The van der Waals surface area contributed by atoms with E-state index in [1.807, 2.05) is 13.8 Å². The van der Waals surface area contributed by atoms with Crippen LogP contribution in [0.1, 0.15) is 29.5 Å². The predicted octanol–water partition coefficient (Wildman–Crippen LogP) is 3.38. The molecule has 0 amide bonds. The van der Waals surface area contributed by atoms with Crippen LogP contribution in [0.25, 0.3) is 11.0 Å². The monoisotopic (exact) mass is 429 g/mol. The molecule has 2 aromatic carbocycles. The number of fused-ring (bicyclic) bond motifs is 1. The molecular weight excluding hydrogens is 406 g/mol. The van der Waals surface area contributed by atoms with Gasteiger partial charge in [-0.15, -0.1) is 0 Å². The van der Waals surface area contributed by atoms with Crippen molar-refractivity contribution in [2.24, 2.45) is 0 Å². The first kappa shape index (κ1) is 21.7. The molecule has 1 heterocycles. The fourth-order valence-corrected chi connectivity index (χ4v) is 3.99. The smallest absolute Gasteiger partial charge is 0.339 e. The average Bonchev–Trinajstić information content (AvgIpc) is 2.70. The molecule has 3 rings (SSSR count). The van der Waals surface area contributed by atoms with Crippen LogP contribution in [0.5, 0.6) is 5.75 Å². The summed E-state index contributed by atoms with van der Waals surface area (Å²) in [6.07, 6.45) is 0.316. The highest BCUT2D eigenvalue weighted by atomic mass is 32.2. The summed E-state index contributed by atoms with van der Waals surface area (Å²) in [7, 11) is -3.61. The average molecular weight is 429 g/mol. The van der Waals surface area contributed by atoms with Gasteiger partial charge in [-0.3, -0.25) is 4.79 Å². The number of hydrogen-bond donors (Lipinski definition) is 1. The van der Waals surface area contributed by atoms with Crippen molar-refractivity contribution < 1.29 is 22.4 Å². The standard InChI is InChI=1S/C22H23NO6S/c1-14-6-9-18(10-7-14)30(26,27)23-12-4-5-21(24)28-17-8-11-19-15(2)16(3)22(25)29-20(19)13-17/h6-11,13,23H,4-5,12H2,1-3H3. The Labute approximate surface area is 174 Å². The summed E-state index contributed by atoms with van der Waals surface area (Å²) < 4.78 is 37.5. The minimum atomic E-state index is -3.61. The van der Waals surface area contributed by atoms with Gasteiger partial charge in [0, 0.05) is 30.0 Å². The molecule has 7 nitrogen and oxygen atoms in total. The van der Waals surface area contributed by atoms with Crippen LogP contribution in [0.3, 0.4) is 0 Å². The van der Waals surface area contributed by atoms with Crippen LogP contribution in [-0.4, -0.2) is 20.9 Å². The maximum Gasteiger partial charge on any atom is 0.339 e. The van der Waals surface area contributed by atoms with Gasteiger partial charge in [-0.2, -0.15) is 0 Å².